The van der Waals surface area contributed by atoms with Crippen LogP contribution in [-0.2, 0) is 26.0 Å². The maximum atomic E-state index is 15.9. The fourth-order valence-corrected chi connectivity index (χ4v) is 6.76. The molecule has 17 nitrogen and oxygen atoms in total. The van der Waals surface area contributed by atoms with Gasteiger partial charge in [-0.05, 0) is 119 Å². The highest BCUT2D eigenvalue weighted by Crippen LogP contribution is 2.32. The van der Waals surface area contributed by atoms with Gasteiger partial charge in [-0.2, -0.15) is 0 Å². The van der Waals surface area contributed by atoms with Crippen LogP contribution in [0.2, 0.25) is 0 Å². The summed E-state index contributed by atoms with van der Waals surface area (Å²) in [6.07, 6.45) is 0.948. The van der Waals surface area contributed by atoms with Crippen molar-refractivity contribution < 1.29 is 46.9 Å². The first-order chi connectivity index (χ1) is 30.5. The van der Waals surface area contributed by atoms with Crippen LogP contribution >= 0.6 is 0 Å². The number of nitrogens with one attached hydrogen (secondary N) is 2. The van der Waals surface area contributed by atoms with Gasteiger partial charge >= 0.3 is 24.4 Å². The van der Waals surface area contributed by atoms with Crippen molar-refractivity contribution in [2.24, 2.45) is 17.0 Å². The highest BCUT2D eigenvalue weighted by Gasteiger charge is 2.28. The predicted molar refractivity (Wildman–Crippen MR) is 246 cm³/mol. The molecule has 0 atom stereocenters. The fraction of sp³-hybridized carbons (Fsp3) is 0.489. The second-order valence-electron chi connectivity index (χ2n) is 19.7. The van der Waals surface area contributed by atoms with Crippen LogP contribution in [0.3, 0.4) is 0 Å². The fourth-order valence-electron chi connectivity index (χ4n) is 6.76. The number of aliphatic imine (C=N–C) groups is 2. The van der Waals surface area contributed by atoms with Gasteiger partial charge in [0.05, 0.1) is 0 Å². The van der Waals surface area contributed by atoms with Crippen LogP contribution < -0.4 is 10.6 Å². The third kappa shape index (κ3) is 14.4. The number of carbonyl (C=O) groups excluding carboxylic acids is 4. The van der Waals surface area contributed by atoms with Crippen molar-refractivity contribution in [3.05, 3.63) is 71.3 Å². The predicted octanol–water partition coefficient (Wildman–Crippen LogP) is 9.24. The van der Waals surface area contributed by atoms with Crippen molar-refractivity contribution in [1.82, 2.24) is 35.2 Å². The normalized spacial score (nSPS) is 15.4. The SMILES string of the molecule is Cn1c(-c2ccc(C3=CCN(C(=NC(=O)OC(C)(C)C)NC(=O)OC(C)(C)C)CC3)c(F)c2)nnc1-c1ccc(C2=CCN(C(=NC(=O)OC(C)(C)C)NC(=O)OC(C)(C)C)CC2)c(F)c1. The second-order valence-corrected chi connectivity index (χ2v) is 19.7. The minimum Gasteiger partial charge on any atom is -0.444 e. The molecule has 19 heteroatoms. The Labute approximate surface area is 384 Å². The summed E-state index contributed by atoms with van der Waals surface area (Å²) >= 11 is 0. The Bertz CT molecular complexity index is 2300. The lowest BCUT2D eigenvalue weighted by atomic mass is 9.97. The Morgan fingerprint density at radius 2 is 0.924 bits per heavy atom. The first-order valence-corrected chi connectivity index (χ1v) is 21.6. The molecule has 0 fully saturated rings. The molecule has 4 amide bonds. The zero-order valence-corrected chi connectivity index (χ0v) is 40.0. The van der Waals surface area contributed by atoms with Crippen molar-refractivity contribution in [3.8, 4) is 22.8 Å². The van der Waals surface area contributed by atoms with Gasteiger partial charge in [-0.3, -0.25) is 10.6 Å². The molecule has 0 unspecified atom stereocenters. The third-order valence-corrected chi connectivity index (χ3v) is 9.45. The second kappa shape index (κ2) is 19.8. The Balaban J connectivity index is 1.30. The lowest BCUT2D eigenvalue weighted by molar-refractivity contribution is 0.0536. The van der Waals surface area contributed by atoms with Crippen LogP contribution in [0.25, 0.3) is 33.9 Å². The molecular formula is C47H61F2N9O8. The van der Waals surface area contributed by atoms with Gasteiger partial charge in [-0.25, -0.2) is 28.0 Å². The van der Waals surface area contributed by atoms with Gasteiger partial charge < -0.3 is 33.3 Å². The first kappa shape index (κ1) is 50.3. The van der Waals surface area contributed by atoms with Gasteiger partial charge in [-0.15, -0.1) is 20.2 Å². The molecule has 0 saturated heterocycles. The Morgan fingerprint density at radius 3 is 1.21 bits per heavy atom. The number of halogens is 2. The quantitative estimate of drug-likeness (QED) is 0.144. The van der Waals surface area contributed by atoms with E-state index < -0.39 is 58.4 Å². The van der Waals surface area contributed by atoms with Crippen LogP contribution in [-0.4, -0.2) is 109 Å². The highest BCUT2D eigenvalue weighted by atomic mass is 19.1. The van der Waals surface area contributed by atoms with E-state index in [1.54, 1.807) is 141 Å². The summed E-state index contributed by atoms with van der Waals surface area (Å²) in [5.74, 6) is -0.376. The van der Waals surface area contributed by atoms with Gasteiger partial charge in [-0.1, -0.05) is 36.4 Å². The Kier molecular flexibility index (Phi) is 15.1. The summed E-state index contributed by atoms with van der Waals surface area (Å²) < 4.78 is 54.9. The van der Waals surface area contributed by atoms with Crippen molar-refractivity contribution in [2.75, 3.05) is 26.2 Å². The minimum absolute atomic E-state index is 0.0523. The van der Waals surface area contributed by atoms with Gasteiger partial charge in [0, 0.05) is 55.5 Å². The number of amides is 4. The molecule has 356 valence electrons. The molecule has 0 bridgehead atoms. The number of carbonyl (C=O) groups is 4. The van der Waals surface area contributed by atoms with Crippen molar-refractivity contribution in [2.45, 2.75) is 118 Å². The number of aromatic nitrogens is 3. The number of alkyl carbamates (subject to hydrolysis) is 2. The van der Waals surface area contributed by atoms with Gasteiger partial charge in [0.1, 0.15) is 34.0 Å². The van der Waals surface area contributed by atoms with E-state index in [2.05, 4.69) is 30.8 Å². The van der Waals surface area contributed by atoms with E-state index in [0.29, 0.717) is 71.0 Å². The minimum atomic E-state index is -0.887. The van der Waals surface area contributed by atoms with E-state index in [1.807, 2.05) is 0 Å². The summed E-state index contributed by atoms with van der Waals surface area (Å²) in [5, 5.41) is 13.8. The maximum absolute atomic E-state index is 15.9. The molecule has 0 saturated carbocycles. The average Bonchev–Trinajstić information content (AvgIpc) is 3.55. The molecule has 3 heterocycles. The third-order valence-electron chi connectivity index (χ3n) is 9.45. The van der Waals surface area contributed by atoms with Crippen LogP contribution in [0.15, 0.2) is 58.5 Å². The number of guanidine groups is 2. The smallest absolute Gasteiger partial charge is 0.437 e. The van der Waals surface area contributed by atoms with Crippen LogP contribution in [0, 0.1) is 11.6 Å². The molecule has 0 spiro atoms. The Hall–Kier alpha value is -6.66. The largest absolute Gasteiger partial charge is 0.444 e. The van der Waals surface area contributed by atoms with Gasteiger partial charge in [0.2, 0.25) is 11.9 Å². The topological polar surface area (TPSA) is 191 Å². The van der Waals surface area contributed by atoms with E-state index in [-0.39, 0.29) is 25.0 Å². The van der Waals surface area contributed by atoms with Crippen LogP contribution in [0.1, 0.15) is 107 Å². The zero-order chi connectivity index (χ0) is 48.9. The summed E-state index contributed by atoms with van der Waals surface area (Å²) in [5.41, 5.74) is -0.138. The first-order valence-electron chi connectivity index (χ1n) is 21.6. The number of benzene rings is 2. The van der Waals surface area contributed by atoms with E-state index in [1.165, 1.54) is 12.1 Å². The van der Waals surface area contributed by atoms with E-state index in [9.17, 15) is 19.2 Å². The molecule has 2 aliphatic heterocycles. The molecule has 2 aliphatic rings. The standard InChI is InChI=1S/C47H61F2N9O8/c1-44(2,3)63-40(59)50-38(51-41(60)64-45(4,5)6)57-22-18-28(19-23-57)32-16-14-30(26-34(32)48)36-54-55-37(56(36)13)31-15-17-33(35(49)27-31)29-20-24-58(25-21-29)39(52-42(61)65-46(7,8)9)53-43(62)66-47(10,11)12/h14-18,20,26-27H,19,21-25H2,1-13H3,(H,50,51,59,60)(H,52,53,61,62). The Morgan fingerprint density at radius 1 is 0.576 bits per heavy atom. The molecule has 1 aromatic heterocycles. The van der Waals surface area contributed by atoms with Crippen molar-refractivity contribution >= 4 is 47.4 Å². The zero-order valence-electron chi connectivity index (χ0n) is 40.0. The lowest BCUT2D eigenvalue weighted by Gasteiger charge is -2.30. The number of hydrogen-bond acceptors (Lipinski definition) is 10. The molecule has 0 aliphatic carbocycles. The maximum Gasteiger partial charge on any atom is 0.437 e. The number of ether oxygens (including phenoxy) is 4. The van der Waals surface area contributed by atoms with Crippen molar-refractivity contribution in [3.63, 3.8) is 0 Å². The van der Waals surface area contributed by atoms with Crippen molar-refractivity contribution in [1.29, 1.82) is 0 Å². The molecule has 5 rings (SSSR count). The molecular weight excluding hydrogens is 857 g/mol. The number of nitrogens with zero attached hydrogens (tertiary/aromatic N) is 7. The number of rotatable bonds is 4. The average molecular weight is 918 g/mol. The van der Waals surface area contributed by atoms with Gasteiger partial charge in [0.15, 0.2) is 11.6 Å². The summed E-state index contributed by atoms with van der Waals surface area (Å²) in [6, 6.07) is 9.50. The molecule has 3 aromatic rings. The molecule has 2 N–H and O–H groups in total. The molecule has 66 heavy (non-hydrogen) atoms. The van der Waals surface area contributed by atoms with Gasteiger partial charge in [0.25, 0.3) is 0 Å². The summed E-state index contributed by atoms with van der Waals surface area (Å²) in [6.45, 7) is 21.5. The van der Waals surface area contributed by atoms with E-state index >= 15 is 8.78 Å². The number of hydrogen-bond donors (Lipinski definition) is 2. The van der Waals surface area contributed by atoms with Crippen LogP contribution in [0.4, 0.5) is 28.0 Å². The summed E-state index contributed by atoms with van der Waals surface area (Å²) in [4.78, 5) is 61.9. The van der Waals surface area contributed by atoms with E-state index in [0.717, 1.165) is 0 Å². The molecule has 0 radical (unpaired) electrons. The summed E-state index contributed by atoms with van der Waals surface area (Å²) in [7, 11) is 1.71. The highest BCUT2D eigenvalue weighted by molar-refractivity contribution is 6.00. The van der Waals surface area contributed by atoms with Crippen LogP contribution in [0.5, 0.6) is 0 Å². The lowest BCUT2D eigenvalue weighted by Crippen LogP contribution is -2.48. The monoisotopic (exact) mass is 917 g/mol. The van der Waals surface area contributed by atoms with E-state index in [4.69, 9.17) is 18.9 Å². The molecule has 2 aromatic carbocycles.